The minimum Gasteiger partial charge on any atom is -0.341 e. The molecule has 2 atom stereocenters. The molecule has 5 nitrogen and oxygen atoms in total. The fourth-order valence-electron chi connectivity index (χ4n) is 3.67. The van der Waals surface area contributed by atoms with Crippen LogP contribution in [-0.2, 0) is 16.6 Å². The summed E-state index contributed by atoms with van der Waals surface area (Å²) >= 11 is 2.88. The predicted octanol–water partition coefficient (Wildman–Crippen LogP) is 3.21. The number of aromatic nitrogens is 1. The van der Waals surface area contributed by atoms with Crippen LogP contribution >= 0.6 is 23.1 Å². The number of rotatable bonds is 4. The minimum atomic E-state index is -0.188. The number of fused-ring (bicyclic) bond motifs is 1. The molecule has 0 radical (unpaired) electrons. The summed E-state index contributed by atoms with van der Waals surface area (Å²) in [4.78, 5) is 31.5. The van der Waals surface area contributed by atoms with Gasteiger partial charge in [-0.25, -0.2) is 0 Å². The number of carbonyl (C=O) groups excluding carboxylic acids is 2. The van der Waals surface area contributed by atoms with Crippen molar-refractivity contribution in [1.29, 1.82) is 0 Å². The van der Waals surface area contributed by atoms with Gasteiger partial charge in [0.2, 0.25) is 5.91 Å². The molecule has 1 aliphatic rings. The summed E-state index contributed by atoms with van der Waals surface area (Å²) in [5.41, 5.74) is 2.27. The zero-order valence-electron chi connectivity index (χ0n) is 16.4. The van der Waals surface area contributed by atoms with E-state index in [-0.39, 0.29) is 17.6 Å². The molecule has 0 saturated carbocycles. The summed E-state index contributed by atoms with van der Waals surface area (Å²) in [5.74, 6) is 1.63. The Balaban J connectivity index is 1.57. The van der Waals surface area contributed by atoms with Crippen LogP contribution in [0.5, 0.6) is 0 Å². The van der Waals surface area contributed by atoms with E-state index in [4.69, 9.17) is 0 Å². The molecule has 1 aliphatic heterocycles. The minimum absolute atomic E-state index is 0.133. The maximum Gasteiger partial charge on any atom is 0.258 e. The second-order valence-electron chi connectivity index (χ2n) is 7.66. The predicted molar refractivity (Wildman–Crippen MR) is 113 cm³/mol. The van der Waals surface area contributed by atoms with Crippen LogP contribution in [0, 0.1) is 18.8 Å². The molecular formula is C20H27N3O2S2. The lowest BCUT2D eigenvalue weighted by molar-refractivity contribution is -0.130. The van der Waals surface area contributed by atoms with Gasteiger partial charge in [-0.2, -0.15) is 4.99 Å². The number of amides is 2. The van der Waals surface area contributed by atoms with E-state index in [0.717, 1.165) is 23.3 Å². The highest BCUT2D eigenvalue weighted by atomic mass is 32.2. The number of thioether (sulfide) groups is 1. The Hall–Kier alpha value is -1.60. The molecule has 2 heterocycles. The fourth-order valence-corrected chi connectivity index (χ4v) is 5.50. The fraction of sp³-hybridized carbons (Fsp3) is 0.550. The largest absolute Gasteiger partial charge is 0.341 e. The van der Waals surface area contributed by atoms with Crippen LogP contribution < -0.4 is 4.80 Å². The number of nitrogens with zero attached hydrogens (tertiary/aromatic N) is 3. The maximum atomic E-state index is 12.4. The number of aryl methyl sites for hydroxylation is 2. The van der Waals surface area contributed by atoms with E-state index < -0.39 is 0 Å². The normalized spacial score (nSPS) is 21.0. The molecule has 1 aromatic heterocycles. The molecule has 2 amide bonds. The van der Waals surface area contributed by atoms with Gasteiger partial charge in [0.25, 0.3) is 5.91 Å². The molecule has 7 heteroatoms. The van der Waals surface area contributed by atoms with E-state index in [2.05, 4.69) is 44.0 Å². The van der Waals surface area contributed by atoms with Gasteiger partial charge >= 0.3 is 0 Å². The lowest BCUT2D eigenvalue weighted by Crippen LogP contribution is -2.43. The first-order valence-corrected chi connectivity index (χ1v) is 11.3. The van der Waals surface area contributed by atoms with Gasteiger partial charge in [-0.05, 0) is 42.9 Å². The standard InChI is InChI=1S/C20H27N3O2S2/c1-13-5-6-16-17(8-13)27-20(22(16)4)21-18(24)11-26-12-19(25)23-9-14(2)7-15(3)10-23/h5-6,8,14-15H,7,9-12H2,1-4H3. The van der Waals surface area contributed by atoms with Gasteiger partial charge in [0.05, 0.1) is 21.7 Å². The van der Waals surface area contributed by atoms with Crippen LogP contribution in [0.15, 0.2) is 23.2 Å². The van der Waals surface area contributed by atoms with Crippen LogP contribution in [0.4, 0.5) is 0 Å². The second kappa shape index (κ2) is 8.61. The Labute approximate surface area is 168 Å². The first-order valence-electron chi connectivity index (χ1n) is 9.32. The van der Waals surface area contributed by atoms with Crippen LogP contribution in [0.2, 0.25) is 0 Å². The third-order valence-corrected chi connectivity index (χ3v) is 6.85. The number of piperidine rings is 1. The van der Waals surface area contributed by atoms with Crippen LogP contribution in [0.3, 0.4) is 0 Å². The van der Waals surface area contributed by atoms with Gasteiger partial charge < -0.3 is 9.47 Å². The summed E-state index contributed by atoms with van der Waals surface area (Å²) in [6.07, 6.45) is 1.18. The smallest absolute Gasteiger partial charge is 0.258 e. The molecule has 3 rings (SSSR count). The molecule has 146 valence electrons. The molecule has 0 N–H and O–H groups in total. The number of benzene rings is 1. The molecular weight excluding hydrogens is 378 g/mol. The van der Waals surface area contributed by atoms with E-state index in [1.807, 2.05) is 16.5 Å². The Morgan fingerprint density at radius 3 is 2.63 bits per heavy atom. The molecule has 0 spiro atoms. The van der Waals surface area contributed by atoms with E-state index in [1.54, 1.807) is 0 Å². The Kier molecular flexibility index (Phi) is 6.42. The molecule has 27 heavy (non-hydrogen) atoms. The lowest BCUT2D eigenvalue weighted by Gasteiger charge is -2.35. The van der Waals surface area contributed by atoms with Crippen molar-refractivity contribution < 1.29 is 9.59 Å². The Morgan fingerprint density at radius 2 is 1.93 bits per heavy atom. The monoisotopic (exact) mass is 405 g/mol. The summed E-state index contributed by atoms with van der Waals surface area (Å²) in [6, 6.07) is 6.22. The molecule has 1 aromatic carbocycles. The van der Waals surface area contributed by atoms with Crippen molar-refractivity contribution in [3.8, 4) is 0 Å². The zero-order valence-corrected chi connectivity index (χ0v) is 18.0. The SMILES string of the molecule is Cc1ccc2c(c1)sc(=NC(=O)CSCC(=O)N1CC(C)CC(C)C1)n2C. The Bertz CT molecular complexity index is 906. The van der Waals surface area contributed by atoms with Crippen molar-refractivity contribution in [3.05, 3.63) is 28.6 Å². The highest BCUT2D eigenvalue weighted by molar-refractivity contribution is 8.00. The first kappa shape index (κ1) is 20.1. The van der Waals surface area contributed by atoms with Crippen molar-refractivity contribution >= 4 is 45.1 Å². The third kappa shape index (κ3) is 5.02. The van der Waals surface area contributed by atoms with E-state index in [1.165, 1.54) is 35.1 Å². The average molecular weight is 406 g/mol. The zero-order chi connectivity index (χ0) is 19.6. The average Bonchev–Trinajstić information content (AvgIpc) is 2.88. The number of carbonyl (C=O) groups is 2. The summed E-state index contributed by atoms with van der Waals surface area (Å²) in [5, 5.41) is 0. The van der Waals surface area contributed by atoms with Gasteiger partial charge in [0, 0.05) is 20.1 Å². The quantitative estimate of drug-likeness (QED) is 0.785. The van der Waals surface area contributed by atoms with Crippen molar-refractivity contribution in [3.63, 3.8) is 0 Å². The molecule has 2 aromatic rings. The van der Waals surface area contributed by atoms with Crippen molar-refractivity contribution in [2.45, 2.75) is 27.2 Å². The Morgan fingerprint density at radius 1 is 1.22 bits per heavy atom. The van der Waals surface area contributed by atoms with Gasteiger partial charge in [0.1, 0.15) is 0 Å². The van der Waals surface area contributed by atoms with Crippen LogP contribution in [0.25, 0.3) is 10.2 Å². The topological polar surface area (TPSA) is 54.7 Å². The first-order chi connectivity index (χ1) is 12.8. The lowest BCUT2D eigenvalue weighted by atomic mass is 9.92. The van der Waals surface area contributed by atoms with Crippen molar-refractivity contribution in [2.75, 3.05) is 24.6 Å². The number of hydrogen-bond acceptors (Lipinski definition) is 4. The third-order valence-electron chi connectivity index (χ3n) is 4.86. The van der Waals surface area contributed by atoms with Gasteiger partial charge in [0.15, 0.2) is 4.80 Å². The van der Waals surface area contributed by atoms with E-state index >= 15 is 0 Å². The van der Waals surface area contributed by atoms with Crippen molar-refractivity contribution in [1.82, 2.24) is 9.47 Å². The van der Waals surface area contributed by atoms with E-state index in [9.17, 15) is 9.59 Å². The number of hydrogen-bond donors (Lipinski definition) is 0. The maximum absolute atomic E-state index is 12.4. The highest BCUT2D eigenvalue weighted by Crippen LogP contribution is 2.22. The molecule has 1 fully saturated rings. The van der Waals surface area contributed by atoms with Crippen molar-refractivity contribution in [2.24, 2.45) is 23.9 Å². The summed E-state index contributed by atoms with van der Waals surface area (Å²) in [6.45, 7) is 8.10. The van der Waals surface area contributed by atoms with Crippen LogP contribution in [-0.4, -0.2) is 45.9 Å². The van der Waals surface area contributed by atoms with Gasteiger partial charge in [-0.3, -0.25) is 9.59 Å². The number of thiazole rings is 1. The molecule has 1 saturated heterocycles. The second-order valence-corrected chi connectivity index (χ2v) is 9.65. The summed E-state index contributed by atoms with van der Waals surface area (Å²) in [7, 11) is 1.93. The summed E-state index contributed by atoms with van der Waals surface area (Å²) < 4.78 is 3.07. The number of likely N-dealkylation sites (tertiary alicyclic amines) is 1. The van der Waals surface area contributed by atoms with E-state index in [0.29, 0.717) is 22.4 Å². The molecule has 2 unspecified atom stereocenters. The highest BCUT2D eigenvalue weighted by Gasteiger charge is 2.25. The van der Waals surface area contributed by atoms with Crippen LogP contribution in [0.1, 0.15) is 25.8 Å². The van der Waals surface area contributed by atoms with Gasteiger partial charge in [-0.1, -0.05) is 31.3 Å². The molecule has 0 bridgehead atoms. The van der Waals surface area contributed by atoms with Gasteiger partial charge in [-0.15, -0.1) is 11.8 Å². The molecule has 0 aliphatic carbocycles.